The first kappa shape index (κ1) is 16.5. The molecule has 5 nitrogen and oxygen atoms in total. The number of nitrogens with one attached hydrogen (secondary N) is 1. The highest BCUT2D eigenvalue weighted by Gasteiger charge is 2.25. The number of amides is 1. The van der Waals surface area contributed by atoms with Gasteiger partial charge in [0, 0.05) is 13.1 Å². The maximum Gasteiger partial charge on any atom is 0.234 e. The van der Waals surface area contributed by atoms with Crippen LogP contribution >= 0.6 is 0 Å². The molecule has 1 heterocycles. The lowest BCUT2D eigenvalue weighted by Gasteiger charge is -2.27. The Morgan fingerprint density at radius 1 is 1.17 bits per heavy atom. The van der Waals surface area contributed by atoms with Crippen LogP contribution in [0.1, 0.15) is 36.4 Å². The lowest BCUT2D eigenvalue weighted by molar-refractivity contribution is -0.123. The predicted octanol–water partition coefficient (Wildman–Crippen LogP) is 1.30. The summed E-state index contributed by atoms with van der Waals surface area (Å²) >= 11 is 0. The molecule has 23 heavy (non-hydrogen) atoms. The maximum absolute atomic E-state index is 12.4. The van der Waals surface area contributed by atoms with Crippen LogP contribution in [0.25, 0.3) is 0 Å². The molecule has 1 aromatic carbocycles. The molecule has 1 atom stereocenters. The molecule has 0 saturated carbocycles. The van der Waals surface area contributed by atoms with E-state index in [0.717, 1.165) is 25.7 Å². The number of hydrogen-bond donors (Lipinski definition) is 1. The molecule has 6 heteroatoms. The van der Waals surface area contributed by atoms with Crippen molar-refractivity contribution in [2.75, 3.05) is 31.1 Å². The summed E-state index contributed by atoms with van der Waals surface area (Å²) in [4.78, 5) is 14.3. The zero-order valence-electron chi connectivity index (χ0n) is 13.3. The van der Waals surface area contributed by atoms with Gasteiger partial charge in [-0.2, -0.15) is 0 Å². The van der Waals surface area contributed by atoms with Gasteiger partial charge >= 0.3 is 0 Å². The van der Waals surface area contributed by atoms with E-state index in [2.05, 4.69) is 23.5 Å². The van der Waals surface area contributed by atoms with Gasteiger partial charge in [0.05, 0.1) is 24.1 Å². The van der Waals surface area contributed by atoms with E-state index in [-0.39, 0.29) is 30.0 Å². The Morgan fingerprint density at radius 3 is 2.70 bits per heavy atom. The molecule has 0 unspecified atom stereocenters. The molecule has 0 bridgehead atoms. The van der Waals surface area contributed by atoms with Gasteiger partial charge in [-0.25, -0.2) is 8.42 Å². The molecule has 126 valence electrons. The summed E-state index contributed by atoms with van der Waals surface area (Å²) in [7, 11) is -2.90. The largest absolute Gasteiger partial charge is 0.348 e. The summed E-state index contributed by atoms with van der Waals surface area (Å²) < 4.78 is 22.9. The lowest BCUT2D eigenvalue weighted by atomic mass is 9.99. The molecule has 2 aliphatic rings. The van der Waals surface area contributed by atoms with E-state index in [1.54, 1.807) is 0 Å². The molecule has 1 fully saturated rings. The van der Waals surface area contributed by atoms with Gasteiger partial charge in [0.15, 0.2) is 9.84 Å². The topological polar surface area (TPSA) is 66.5 Å². The average molecular weight is 336 g/mol. The Balaban J connectivity index is 1.60. The van der Waals surface area contributed by atoms with Crippen LogP contribution in [-0.2, 0) is 21.1 Å². The van der Waals surface area contributed by atoms with Crippen molar-refractivity contribution in [3.05, 3.63) is 35.4 Å². The molecule has 1 saturated heterocycles. The lowest BCUT2D eigenvalue weighted by Crippen LogP contribution is -2.46. The molecule has 0 spiro atoms. The van der Waals surface area contributed by atoms with E-state index in [0.29, 0.717) is 13.1 Å². The Hall–Kier alpha value is -1.40. The van der Waals surface area contributed by atoms with E-state index < -0.39 is 9.84 Å². The zero-order valence-corrected chi connectivity index (χ0v) is 14.1. The number of carbonyl (C=O) groups excluding carboxylic acids is 1. The van der Waals surface area contributed by atoms with Crippen LogP contribution in [0, 0.1) is 0 Å². The molecule has 3 rings (SSSR count). The van der Waals surface area contributed by atoms with E-state index in [1.165, 1.54) is 11.1 Å². The second-order valence-corrected chi connectivity index (χ2v) is 8.80. The highest BCUT2D eigenvalue weighted by atomic mass is 32.2. The van der Waals surface area contributed by atoms with E-state index in [4.69, 9.17) is 0 Å². The van der Waals surface area contributed by atoms with Crippen LogP contribution in [0.4, 0.5) is 0 Å². The monoisotopic (exact) mass is 336 g/mol. The number of sulfone groups is 1. The second-order valence-electron chi connectivity index (χ2n) is 6.49. The van der Waals surface area contributed by atoms with Gasteiger partial charge in [0.25, 0.3) is 0 Å². The minimum atomic E-state index is -2.90. The molecule has 1 aliphatic carbocycles. The van der Waals surface area contributed by atoms with Crippen LogP contribution in [0.15, 0.2) is 24.3 Å². The first-order chi connectivity index (χ1) is 11.0. The number of hydrogen-bond acceptors (Lipinski definition) is 4. The molecule has 1 aliphatic heterocycles. The first-order valence-corrected chi connectivity index (χ1v) is 10.2. The Morgan fingerprint density at radius 2 is 1.91 bits per heavy atom. The molecular weight excluding hydrogens is 312 g/mol. The van der Waals surface area contributed by atoms with Crippen molar-refractivity contribution < 1.29 is 13.2 Å². The summed E-state index contributed by atoms with van der Waals surface area (Å²) in [5.74, 6) is 0.310. The van der Waals surface area contributed by atoms with Crippen LogP contribution in [0.2, 0.25) is 0 Å². The van der Waals surface area contributed by atoms with E-state index in [9.17, 15) is 13.2 Å². The van der Waals surface area contributed by atoms with Gasteiger partial charge in [-0.15, -0.1) is 0 Å². The van der Waals surface area contributed by atoms with E-state index in [1.807, 2.05) is 11.0 Å². The van der Waals surface area contributed by atoms with Gasteiger partial charge in [0.2, 0.25) is 5.91 Å². The van der Waals surface area contributed by atoms with Gasteiger partial charge in [-0.05, 0) is 30.4 Å². The third kappa shape index (κ3) is 4.32. The second kappa shape index (κ2) is 7.01. The number of rotatable bonds is 3. The van der Waals surface area contributed by atoms with Crippen LogP contribution in [0.3, 0.4) is 0 Å². The molecule has 1 N–H and O–H groups in total. The van der Waals surface area contributed by atoms with Crippen molar-refractivity contribution in [1.82, 2.24) is 10.2 Å². The van der Waals surface area contributed by atoms with Crippen molar-refractivity contribution in [2.45, 2.75) is 31.7 Å². The number of fused-ring (bicyclic) bond motifs is 1. The summed E-state index contributed by atoms with van der Waals surface area (Å²) in [5.41, 5.74) is 2.57. The van der Waals surface area contributed by atoms with Gasteiger partial charge in [0.1, 0.15) is 0 Å². The summed E-state index contributed by atoms with van der Waals surface area (Å²) in [6.07, 6.45) is 4.32. The minimum Gasteiger partial charge on any atom is -0.348 e. The van der Waals surface area contributed by atoms with Gasteiger partial charge < -0.3 is 5.32 Å². The summed E-state index contributed by atoms with van der Waals surface area (Å²) in [6.45, 7) is 1.20. The van der Waals surface area contributed by atoms with Crippen LogP contribution < -0.4 is 5.32 Å². The van der Waals surface area contributed by atoms with Crippen molar-refractivity contribution in [2.24, 2.45) is 0 Å². The molecular formula is C17H24N2O3S. The quantitative estimate of drug-likeness (QED) is 0.845. The number of benzene rings is 1. The standard InChI is InChI=1S/C17H24N2O3S/c20-17(13-19-9-11-23(21,22)12-10-19)18-16-8-4-2-6-14-5-1-3-7-15(14)16/h1,3,5,7,16H,2,4,6,8-13H2,(H,18,20)/t16-/m0/s1. The third-order valence-corrected chi connectivity index (χ3v) is 6.37. The minimum absolute atomic E-state index is 0.00833. The molecule has 1 amide bonds. The van der Waals surface area contributed by atoms with Crippen molar-refractivity contribution in [1.29, 1.82) is 0 Å². The summed E-state index contributed by atoms with van der Waals surface area (Å²) in [6, 6.07) is 8.42. The number of aryl methyl sites for hydroxylation is 1. The fourth-order valence-corrected chi connectivity index (χ4v) is 4.70. The number of carbonyl (C=O) groups is 1. The average Bonchev–Trinajstić information content (AvgIpc) is 2.72. The fraction of sp³-hybridized carbons (Fsp3) is 0.588. The first-order valence-electron chi connectivity index (χ1n) is 8.33. The van der Waals surface area contributed by atoms with Crippen molar-refractivity contribution >= 4 is 15.7 Å². The van der Waals surface area contributed by atoms with Crippen LogP contribution in [-0.4, -0.2) is 50.4 Å². The Bertz CT molecular complexity index is 658. The van der Waals surface area contributed by atoms with Gasteiger partial charge in [-0.1, -0.05) is 30.7 Å². The highest BCUT2D eigenvalue weighted by Crippen LogP contribution is 2.28. The summed E-state index contributed by atoms with van der Waals surface area (Å²) in [5, 5.41) is 3.15. The van der Waals surface area contributed by atoms with Crippen molar-refractivity contribution in [3.63, 3.8) is 0 Å². The van der Waals surface area contributed by atoms with Crippen LogP contribution in [0.5, 0.6) is 0 Å². The highest BCUT2D eigenvalue weighted by molar-refractivity contribution is 7.91. The van der Waals surface area contributed by atoms with E-state index >= 15 is 0 Å². The predicted molar refractivity (Wildman–Crippen MR) is 90.0 cm³/mol. The zero-order chi connectivity index (χ0) is 16.3. The molecule has 0 aromatic heterocycles. The smallest absolute Gasteiger partial charge is 0.234 e. The maximum atomic E-state index is 12.4. The van der Waals surface area contributed by atoms with Gasteiger partial charge in [-0.3, -0.25) is 9.69 Å². The Kier molecular flexibility index (Phi) is 5.02. The SMILES string of the molecule is O=C(CN1CCS(=O)(=O)CC1)N[C@H]1CCCCc2ccccc21. The van der Waals surface area contributed by atoms with Crippen molar-refractivity contribution in [3.8, 4) is 0 Å². The number of nitrogens with zero attached hydrogens (tertiary/aromatic N) is 1. The molecule has 1 aromatic rings. The Labute approximate surface area is 138 Å². The normalized spacial score (nSPS) is 24.4. The third-order valence-electron chi connectivity index (χ3n) is 4.76. The fourth-order valence-electron chi connectivity index (χ4n) is 3.42. The molecule has 0 radical (unpaired) electrons.